The fraction of sp³-hybridized carbons (Fsp3) is 0.0870. The molecule has 4 nitrogen and oxygen atoms in total. The summed E-state index contributed by atoms with van der Waals surface area (Å²) in [5, 5.41) is 0. The molecule has 4 heteroatoms. The van der Waals surface area contributed by atoms with E-state index in [9.17, 15) is 4.79 Å². The second-order valence-corrected chi connectivity index (χ2v) is 6.00. The Bertz CT molecular complexity index is 858. The lowest BCUT2D eigenvalue weighted by atomic mass is 10.2. The van der Waals surface area contributed by atoms with E-state index in [1.807, 2.05) is 72.8 Å². The molecule has 0 atom stereocenters. The van der Waals surface area contributed by atoms with E-state index < -0.39 is 5.97 Å². The van der Waals surface area contributed by atoms with Crippen molar-refractivity contribution in [2.45, 2.75) is 13.5 Å². The maximum atomic E-state index is 11.7. The number of rotatable bonds is 7. The van der Waals surface area contributed by atoms with Gasteiger partial charge in [-0.3, -0.25) is 0 Å². The van der Waals surface area contributed by atoms with Gasteiger partial charge in [0.1, 0.15) is 29.6 Å². The van der Waals surface area contributed by atoms with Crippen molar-refractivity contribution in [3.63, 3.8) is 0 Å². The first-order chi connectivity index (χ1) is 13.1. The topological polar surface area (TPSA) is 44.8 Å². The number of hydrogen-bond acceptors (Lipinski definition) is 4. The summed E-state index contributed by atoms with van der Waals surface area (Å²) in [5.41, 5.74) is 1.11. The van der Waals surface area contributed by atoms with Crippen LogP contribution < -0.4 is 9.47 Å². The van der Waals surface area contributed by atoms with Crippen LogP contribution in [0.1, 0.15) is 12.5 Å². The van der Waals surface area contributed by atoms with Crippen LogP contribution in [-0.2, 0) is 16.1 Å². The van der Waals surface area contributed by atoms with Crippen molar-refractivity contribution in [1.29, 1.82) is 0 Å². The number of ether oxygens (including phenoxy) is 3. The molecular weight excluding hydrogens is 340 g/mol. The molecule has 0 fully saturated rings. The molecule has 0 saturated carbocycles. The summed E-state index contributed by atoms with van der Waals surface area (Å²) >= 11 is 0. The average Bonchev–Trinajstić information content (AvgIpc) is 2.67. The number of hydrogen-bond donors (Lipinski definition) is 0. The third-order valence-corrected chi connectivity index (χ3v) is 3.62. The van der Waals surface area contributed by atoms with Crippen molar-refractivity contribution >= 4 is 5.97 Å². The van der Waals surface area contributed by atoms with E-state index in [1.165, 1.54) is 0 Å². The lowest BCUT2D eigenvalue weighted by Crippen LogP contribution is -2.05. The highest BCUT2D eigenvalue weighted by atomic mass is 16.5. The molecule has 0 aliphatic heterocycles. The highest BCUT2D eigenvalue weighted by Crippen LogP contribution is 2.30. The second-order valence-electron chi connectivity index (χ2n) is 6.00. The predicted molar refractivity (Wildman–Crippen MR) is 104 cm³/mol. The van der Waals surface area contributed by atoms with Gasteiger partial charge in [0, 0.05) is 11.6 Å². The Balaban J connectivity index is 1.84. The van der Waals surface area contributed by atoms with Crippen LogP contribution in [0.4, 0.5) is 0 Å². The highest BCUT2D eigenvalue weighted by Gasteiger charge is 2.09. The van der Waals surface area contributed by atoms with E-state index >= 15 is 0 Å². The fourth-order valence-electron chi connectivity index (χ4n) is 2.35. The summed E-state index contributed by atoms with van der Waals surface area (Å²) in [7, 11) is 0. The Hall–Kier alpha value is -3.53. The van der Waals surface area contributed by atoms with Crippen LogP contribution in [0.25, 0.3) is 0 Å². The van der Waals surface area contributed by atoms with Gasteiger partial charge in [-0.1, -0.05) is 43.0 Å². The Labute approximate surface area is 158 Å². The van der Waals surface area contributed by atoms with Gasteiger partial charge in [-0.05, 0) is 48.9 Å². The van der Waals surface area contributed by atoms with Gasteiger partial charge in [0.2, 0.25) is 0 Å². The summed E-state index contributed by atoms with van der Waals surface area (Å²) in [6, 6.07) is 24.3. The van der Waals surface area contributed by atoms with Gasteiger partial charge in [0.05, 0.1) is 0 Å². The van der Waals surface area contributed by atoms with Crippen molar-refractivity contribution < 1.29 is 19.0 Å². The molecule has 3 aromatic carbocycles. The molecule has 0 aromatic heterocycles. The Morgan fingerprint density at radius 1 is 0.778 bits per heavy atom. The summed E-state index contributed by atoms with van der Waals surface area (Å²) in [4.78, 5) is 11.7. The molecule has 136 valence electrons. The molecule has 0 aliphatic rings. The van der Waals surface area contributed by atoms with Crippen molar-refractivity contribution in [2.24, 2.45) is 0 Å². The largest absolute Gasteiger partial charge is 0.457 e. The van der Waals surface area contributed by atoms with E-state index in [0.29, 0.717) is 28.6 Å². The van der Waals surface area contributed by atoms with Crippen molar-refractivity contribution in [2.75, 3.05) is 0 Å². The number of esters is 1. The molecule has 27 heavy (non-hydrogen) atoms. The van der Waals surface area contributed by atoms with Crippen LogP contribution in [0.15, 0.2) is 91.0 Å². The Morgan fingerprint density at radius 2 is 1.26 bits per heavy atom. The maximum absolute atomic E-state index is 11.7. The molecule has 0 radical (unpaired) electrons. The van der Waals surface area contributed by atoms with Crippen LogP contribution in [0.5, 0.6) is 23.0 Å². The lowest BCUT2D eigenvalue weighted by Gasteiger charge is -2.12. The van der Waals surface area contributed by atoms with Crippen LogP contribution in [-0.4, -0.2) is 5.97 Å². The van der Waals surface area contributed by atoms with Gasteiger partial charge in [0.15, 0.2) is 0 Å². The molecule has 0 saturated heterocycles. The fourth-order valence-corrected chi connectivity index (χ4v) is 2.35. The van der Waals surface area contributed by atoms with E-state index in [-0.39, 0.29) is 6.61 Å². The molecule has 3 rings (SSSR count). The standard InChI is InChI=1S/C23H20O4/c1-17(2)23(24)25-16-18-13-21(26-19-9-5-3-6-10-19)15-22(14-18)27-20-11-7-4-8-12-20/h3-15H,1,16H2,2H3. The predicted octanol–water partition coefficient (Wildman–Crippen LogP) is 5.89. The van der Waals surface area contributed by atoms with E-state index in [4.69, 9.17) is 14.2 Å². The molecule has 0 heterocycles. The Kier molecular flexibility index (Phi) is 5.90. The second kappa shape index (κ2) is 8.72. The van der Waals surface area contributed by atoms with Gasteiger partial charge in [-0.25, -0.2) is 4.79 Å². The first-order valence-electron chi connectivity index (χ1n) is 8.52. The van der Waals surface area contributed by atoms with Crippen LogP contribution >= 0.6 is 0 Å². The van der Waals surface area contributed by atoms with Crippen LogP contribution in [0.3, 0.4) is 0 Å². The smallest absolute Gasteiger partial charge is 0.333 e. The first kappa shape index (κ1) is 18.3. The van der Waals surface area contributed by atoms with E-state index in [1.54, 1.807) is 13.0 Å². The zero-order valence-electron chi connectivity index (χ0n) is 15.1. The maximum Gasteiger partial charge on any atom is 0.333 e. The SMILES string of the molecule is C=C(C)C(=O)OCc1cc(Oc2ccccc2)cc(Oc2ccccc2)c1. The molecule has 3 aromatic rings. The molecule has 0 amide bonds. The first-order valence-corrected chi connectivity index (χ1v) is 8.52. The van der Waals surface area contributed by atoms with Crippen molar-refractivity contribution in [3.8, 4) is 23.0 Å². The molecule has 0 aliphatic carbocycles. The van der Waals surface area contributed by atoms with Crippen molar-refractivity contribution in [3.05, 3.63) is 96.6 Å². The molecule has 0 N–H and O–H groups in total. The molecule has 0 unspecified atom stereocenters. The van der Waals surface area contributed by atoms with Gasteiger partial charge in [0.25, 0.3) is 0 Å². The van der Waals surface area contributed by atoms with Gasteiger partial charge >= 0.3 is 5.97 Å². The van der Waals surface area contributed by atoms with Crippen molar-refractivity contribution in [1.82, 2.24) is 0 Å². The minimum absolute atomic E-state index is 0.100. The summed E-state index contributed by atoms with van der Waals surface area (Å²) in [6.45, 7) is 5.30. The Morgan fingerprint density at radius 3 is 1.70 bits per heavy atom. The average molecular weight is 360 g/mol. The quantitative estimate of drug-likeness (QED) is 0.389. The summed E-state index contributed by atoms with van der Waals surface area (Å²) < 4.78 is 17.1. The van der Waals surface area contributed by atoms with Crippen LogP contribution in [0, 0.1) is 0 Å². The van der Waals surface area contributed by atoms with Gasteiger partial charge < -0.3 is 14.2 Å². The third kappa shape index (κ3) is 5.47. The van der Waals surface area contributed by atoms with Crippen LogP contribution in [0.2, 0.25) is 0 Å². The molecule has 0 spiro atoms. The lowest BCUT2D eigenvalue weighted by molar-refractivity contribution is -0.140. The monoisotopic (exact) mass is 360 g/mol. The number of benzene rings is 3. The highest BCUT2D eigenvalue weighted by molar-refractivity contribution is 5.86. The number of para-hydroxylation sites is 2. The van der Waals surface area contributed by atoms with Gasteiger partial charge in [-0.2, -0.15) is 0 Å². The normalized spacial score (nSPS) is 10.1. The third-order valence-electron chi connectivity index (χ3n) is 3.62. The zero-order chi connectivity index (χ0) is 19.1. The van der Waals surface area contributed by atoms with E-state index in [0.717, 1.165) is 5.56 Å². The minimum atomic E-state index is -0.435. The zero-order valence-corrected chi connectivity index (χ0v) is 15.1. The van der Waals surface area contributed by atoms with Gasteiger partial charge in [-0.15, -0.1) is 0 Å². The minimum Gasteiger partial charge on any atom is -0.457 e. The summed E-state index contributed by atoms with van der Waals surface area (Å²) in [6.07, 6.45) is 0. The number of carbonyl (C=O) groups excluding carboxylic acids is 1. The van der Waals surface area contributed by atoms with E-state index in [2.05, 4.69) is 6.58 Å². The molecular formula is C23H20O4. The number of carbonyl (C=O) groups is 1. The summed E-state index contributed by atoms with van der Waals surface area (Å²) in [5.74, 6) is 2.17. The molecule has 0 bridgehead atoms.